The van der Waals surface area contributed by atoms with Gasteiger partial charge in [0.05, 0.1) is 25.7 Å². The molecule has 0 aromatic carbocycles. The summed E-state index contributed by atoms with van der Waals surface area (Å²) in [6.07, 6.45) is 2.31. The monoisotopic (exact) mass is 269 g/mol. The van der Waals surface area contributed by atoms with E-state index in [1.54, 1.807) is 0 Å². The number of carbonyl (C=O) groups excluding carboxylic acids is 1. The minimum atomic E-state index is -0.793. The van der Waals surface area contributed by atoms with Gasteiger partial charge in [-0.05, 0) is 31.1 Å². The number of amides is 1. The van der Waals surface area contributed by atoms with Crippen molar-refractivity contribution in [3.05, 3.63) is 0 Å². The number of carboxylic acids is 1. The molecule has 6 heteroatoms. The van der Waals surface area contributed by atoms with Gasteiger partial charge in [-0.2, -0.15) is 0 Å². The lowest BCUT2D eigenvalue weighted by atomic mass is 9.84. The third-order valence-electron chi connectivity index (χ3n) is 4.62. The highest BCUT2D eigenvalue weighted by Crippen LogP contribution is 2.48. The van der Waals surface area contributed by atoms with Crippen LogP contribution in [0.25, 0.3) is 0 Å². The summed E-state index contributed by atoms with van der Waals surface area (Å²) in [5, 5.41) is 12.2. The Kier molecular flexibility index (Phi) is 3.45. The Bertz CT molecular complexity index is 379. The average molecular weight is 269 g/mol. The van der Waals surface area contributed by atoms with Crippen LogP contribution < -0.4 is 5.32 Å². The Morgan fingerprint density at radius 2 is 1.95 bits per heavy atom. The maximum absolute atomic E-state index is 12.1. The highest BCUT2D eigenvalue weighted by atomic mass is 16.6. The Morgan fingerprint density at radius 1 is 1.16 bits per heavy atom. The number of fused-ring (bicyclic) bond motifs is 2. The third kappa shape index (κ3) is 2.34. The molecule has 0 radical (unpaired) electrons. The van der Waals surface area contributed by atoms with E-state index in [0.717, 1.165) is 19.3 Å². The van der Waals surface area contributed by atoms with Gasteiger partial charge in [0.15, 0.2) is 6.10 Å². The second kappa shape index (κ2) is 5.09. The lowest BCUT2D eigenvalue weighted by molar-refractivity contribution is -0.150. The molecule has 2 aliphatic carbocycles. The van der Waals surface area contributed by atoms with E-state index >= 15 is 0 Å². The zero-order valence-electron chi connectivity index (χ0n) is 10.7. The summed E-state index contributed by atoms with van der Waals surface area (Å²) in [6, 6.07) is -0.241. The number of ether oxygens (including phenoxy) is 2. The van der Waals surface area contributed by atoms with E-state index in [9.17, 15) is 14.7 Å². The molecule has 1 amide bonds. The van der Waals surface area contributed by atoms with Crippen molar-refractivity contribution in [2.45, 2.75) is 31.4 Å². The molecule has 0 spiro atoms. The molecule has 3 aliphatic rings. The molecule has 1 aliphatic heterocycles. The molecule has 3 rings (SSSR count). The van der Waals surface area contributed by atoms with Crippen molar-refractivity contribution in [3.63, 3.8) is 0 Å². The maximum Gasteiger partial charge on any atom is 0.308 e. The first-order valence-electron chi connectivity index (χ1n) is 6.89. The van der Waals surface area contributed by atoms with Crippen LogP contribution in [0.4, 0.5) is 0 Å². The van der Waals surface area contributed by atoms with E-state index in [-0.39, 0.29) is 24.5 Å². The summed E-state index contributed by atoms with van der Waals surface area (Å²) in [6.45, 7) is 1.18. The summed E-state index contributed by atoms with van der Waals surface area (Å²) in [7, 11) is 0. The molecule has 1 saturated heterocycles. The van der Waals surface area contributed by atoms with Gasteiger partial charge in [-0.15, -0.1) is 0 Å². The fourth-order valence-corrected chi connectivity index (χ4v) is 3.75. The van der Waals surface area contributed by atoms with Crippen LogP contribution in [0.5, 0.6) is 0 Å². The summed E-state index contributed by atoms with van der Waals surface area (Å²) in [4.78, 5) is 23.4. The van der Waals surface area contributed by atoms with Gasteiger partial charge in [-0.1, -0.05) is 0 Å². The van der Waals surface area contributed by atoms with Crippen LogP contribution in [0.2, 0.25) is 0 Å². The van der Waals surface area contributed by atoms with Crippen molar-refractivity contribution >= 4 is 11.9 Å². The van der Waals surface area contributed by atoms with Crippen LogP contribution in [-0.2, 0) is 19.1 Å². The van der Waals surface area contributed by atoms with Crippen LogP contribution in [-0.4, -0.2) is 48.9 Å². The van der Waals surface area contributed by atoms with Gasteiger partial charge in [0, 0.05) is 6.04 Å². The topological polar surface area (TPSA) is 84.9 Å². The highest BCUT2D eigenvalue weighted by molar-refractivity contribution is 5.82. The number of hydrogen-bond donors (Lipinski definition) is 2. The number of rotatable bonds is 3. The van der Waals surface area contributed by atoms with E-state index in [2.05, 4.69) is 5.32 Å². The Morgan fingerprint density at radius 3 is 2.63 bits per heavy atom. The minimum absolute atomic E-state index is 0.219. The molecule has 2 saturated carbocycles. The Labute approximate surface area is 111 Å². The molecule has 1 heterocycles. The number of nitrogens with one attached hydrogen (secondary N) is 1. The Hall–Kier alpha value is -1.14. The summed E-state index contributed by atoms with van der Waals surface area (Å²) in [5.74, 6) is -0.940. The molecule has 5 unspecified atom stereocenters. The zero-order chi connectivity index (χ0) is 13.4. The lowest BCUT2D eigenvalue weighted by Gasteiger charge is -2.31. The van der Waals surface area contributed by atoms with Gasteiger partial charge in [-0.3, -0.25) is 9.59 Å². The van der Waals surface area contributed by atoms with Gasteiger partial charge in [-0.25, -0.2) is 0 Å². The SMILES string of the molecule is O=C(NC1C2CCC(C2)C1C(=O)O)C1COCCO1. The average Bonchev–Trinajstić information content (AvgIpc) is 3.00. The normalized spacial score (nSPS) is 41.2. The van der Waals surface area contributed by atoms with Crippen LogP contribution in [0.3, 0.4) is 0 Å². The van der Waals surface area contributed by atoms with Crippen LogP contribution in [0.15, 0.2) is 0 Å². The molecule has 0 aromatic rings. The zero-order valence-corrected chi connectivity index (χ0v) is 10.7. The molecule has 2 bridgehead atoms. The Balaban J connectivity index is 1.64. The van der Waals surface area contributed by atoms with Crippen LogP contribution >= 0.6 is 0 Å². The van der Waals surface area contributed by atoms with Crippen molar-refractivity contribution in [2.24, 2.45) is 17.8 Å². The molecular weight excluding hydrogens is 250 g/mol. The minimum Gasteiger partial charge on any atom is -0.481 e. The molecule has 6 nitrogen and oxygen atoms in total. The van der Waals surface area contributed by atoms with E-state index in [1.807, 2.05) is 0 Å². The second-order valence-electron chi connectivity index (χ2n) is 5.67. The summed E-state index contributed by atoms with van der Waals surface area (Å²) in [5.41, 5.74) is 0. The predicted molar refractivity (Wildman–Crippen MR) is 64.4 cm³/mol. The van der Waals surface area contributed by atoms with Gasteiger partial charge < -0.3 is 19.9 Å². The van der Waals surface area contributed by atoms with Crippen molar-refractivity contribution in [3.8, 4) is 0 Å². The first kappa shape index (κ1) is 12.9. The summed E-state index contributed by atoms with van der Waals surface area (Å²) >= 11 is 0. The first-order valence-corrected chi connectivity index (χ1v) is 6.89. The smallest absolute Gasteiger partial charge is 0.308 e. The molecule has 106 valence electrons. The number of hydrogen-bond acceptors (Lipinski definition) is 4. The van der Waals surface area contributed by atoms with Gasteiger partial charge >= 0.3 is 5.97 Å². The van der Waals surface area contributed by atoms with Gasteiger partial charge in [0.1, 0.15) is 0 Å². The fourth-order valence-electron chi connectivity index (χ4n) is 3.75. The molecular formula is C13H19NO5. The van der Waals surface area contributed by atoms with Crippen LogP contribution in [0, 0.1) is 17.8 Å². The van der Waals surface area contributed by atoms with Crippen LogP contribution in [0.1, 0.15) is 19.3 Å². The third-order valence-corrected chi connectivity index (χ3v) is 4.62. The van der Waals surface area contributed by atoms with E-state index in [4.69, 9.17) is 9.47 Å². The largest absolute Gasteiger partial charge is 0.481 e. The van der Waals surface area contributed by atoms with E-state index < -0.39 is 18.0 Å². The quantitative estimate of drug-likeness (QED) is 0.754. The van der Waals surface area contributed by atoms with Crippen molar-refractivity contribution in [2.75, 3.05) is 19.8 Å². The molecule has 3 fully saturated rings. The maximum atomic E-state index is 12.1. The summed E-state index contributed by atoms with van der Waals surface area (Å²) < 4.78 is 10.5. The second-order valence-corrected chi connectivity index (χ2v) is 5.67. The highest BCUT2D eigenvalue weighted by Gasteiger charge is 2.51. The predicted octanol–water partition coefficient (Wildman–Crippen LogP) is 0.0173. The van der Waals surface area contributed by atoms with Crippen molar-refractivity contribution in [1.29, 1.82) is 0 Å². The first-order chi connectivity index (χ1) is 9.16. The van der Waals surface area contributed by atoms with Gasteiger partial charge in [0.25, 0.3) is 5.91 Å². The molecule has 0 aromatic heterocycles. The standard InChI is InChI=1S/C13H19NO5/c15-12(9-6-18-3-4-19-9)14-11-8-2-1-7(5-8)10(11)13(16)17/h7-11H,1-6H2,(H,14,15)(H,16,17). The number of carboxylic acid groups (broad SMARTS) is 1. The number of carbonyl (C=O) groups is 2. The molecule has 19 heavy (non-hydrogen) atoms. The van der Waals surface area contributed by atoms with E-state index in [0.29, 0.717) is 19.1 Å². The van der Waals surface area contributed by atoms with Gasteiger partial charge in [0.2, 0.25) is 0 Å². The molecule has 2 N–H and O–H groups in total. The molecule has 5 atom stereocenters. The van der Waals surface area contributed by atoms with E-state index in [1.165, 1.54) is 0 Å². The fraction of sp³-hybridized carbons (Fsp3) is 0.846. The van der Waals surface area contributed by atoms with Crippen molar-refractivity contribution in [1.82, 2.24) is 5.32 Å². The van der Waals surface area contributed by atoms with Crippen molar-refractivity contribution < 1.29 is 24.2 Å². The lowest BCUT2D eigenvalue weighted by Crippen LogP contribution is -2.52. The number of aliphatic carboxylic acids is 1.